The Morgan fingerprint density at radius 3 is 2.94 bits per heavy atom. The van der Waals surface area contributed by atoms with Gasteiger partial charge in [0.05, 0.1) is 12.1 Å². The summed E-state index contributed by atoms with van der Waals surface area (Å²) in [5, 5.41) is 5.04. The number of carbonyl (C=O) groups is 1. The molecule has 0 aliphatic heterocycles. The number of thiophene rings is 1. The van der Waals surface area contributed by atoms with E-state index < -0.39 is 5.54 Å². The zero-order valence-corrected chi connectivity index (χ0v) is 11.3. The Bertz CT molecular complexity index is 407. The fourth-order valence-electron chi connectivity index (χ4n) is 2.06. The summed E-state index contributed by atoms with van der Waals surface area (Å²) in [6, 6.07) is 2.12. The van der Waals surface area contributed by atoms with Crippen molar-refractivity contribution in [3.63, 3.8) is 0 Å². The maximum Gasteiger partial charge on any atom is 0.240 e. The standard InChI is InChI=1S/C13H20N2OS/c1-3-9-6-7-17-11(9)8-15-12(16)13(2,14)10-4-5-10/h6-7,10H,3-5,8,14H2,1-2H3,(H,15,16). The Labute approximate surface area is 106 Å². The van der Waals surface area contributed by atoms with E-state index in [1.165, 1.54) is 10.4 Å². The maximum atomic E-state index is 12.0. The number of nitrogens with two attached hydrogens (primary N) is 1. The van der Waals surface area contributed by atoms with Crippen LogP contribution in [0.15, 0.2) is 11.4 Å². The minimum Gasteiger partial charge on any atom is -0.350 e. The Balaban J connectivity index is 1.92. The minimum absolute atomic E-state index is 0.0181. The highest BCUT2D eigenvalue weighted by Gasteiger charge is 2.43. The van der Waals surface area contributed by atoms with Crippen molar-refractivity contribution in [2.45, 2.75) is 45.2 Å². The second kappa shape index (κ2) is 4.78. The van der Waals surface area contributed by atoms with Gasteiger partial charge in [-0.2, -0.15) is 0 Å². The van der Waals surface area contributed by atoms with Gasteiger partial charge in [-0.3, -0.25) is 4.79 Å². The van der Waals surface area contributed by atoms with Crippen LogP contribution in [0.25, 0.3) is 0 Å². The van der Waals surface area contributed by atoms with Crippen molar-refractivity contribution in [2.24, 2.45) is 11.7 Å². The highest BCUT2D eigenvalue weighted by molar-refractivity contribution is 7.10. The summed E-state index contributed by atoms with van der Waals surface area (Å²) in [5.74, 6) is 0.354. The first-order valence-electron chi connectivity index (χ1n) is 6.18. The average molecular weight is 252 g/mol. The van der Waals surface area contributed by atoms with Crippen LogP contribution in [0.2, 0.25) is 0 Å². The van der Waals surface area contributed by atoms with E-state index in [1.54, 1.807) is 11.3 Å². The number of nitrogens with one attached hydrogen (secondary N) is 1. The quantitative estimate of drug-likeness (QED) is 0.842. The molecule has 1 aromatic heterocycles. The molecule has 3 N–H and O–H groups in total. The first-order valence-corrected chi connectivity index (χ1v) is 7.06. The predicted molar refractivity (Wildman–Crippen MR) is 70.9 cm³/mol. The molecule has 1 amide bonds. The minimum atomic E-state index is -0.691. The van der Waals surface area contributed by atoms with Gasteiger partial charge in [0.1, 0.15) is 0 Å². The Morgan fingerprint density at radius 1 is 1.65 bits per heavy atom. The van der Waals surface area contributed by atoms with Crippen molar-refractivity contribution in [2.75, 3.05) is 0 Å². The topological polar surface area (TPSA) is 55.1 Å². The molecule has 1 aliphatic rings. The van der Waals surface area contributed by atoms with Crippen LogP contribution < -0.4 is 11.1 Å². The smallest absolute Gasteiger partial charge is 0.240 e. The molecule has 1 heterocycles. The van der Waals surface area contributed by atoms with Gasteiger partial charge in [0.2, 0.25) is 5.91 Å². The summed E-state index contributed by atoms with van der Waals surface area (Å²) in [4.78, 5) is 13.3. The van der Waals surface area contributed by atoms with Crippen molar-refractivity contribution in [3.05, 3.63) is 21.9 Å². The third kappa shape index (κ3) is 2.69. The van der Waals surface area contributed by atoms with E-state index in [0.29, 0.717) is 12.5 Å². The van der Waals surface area contributed by atoms with Crippen LogP contribution in [-0.2, 0) is 17.8 Å². The fourth-order valence-corrected chi connectivity index (χ4v) is 2.97. The van der Waals surface area contributed by atoms with Crippen LogP contribution in [-0.4, -0.2) is 11.4 Å². The van der Waals surface area contributed by atoms with E-state index in [0.717, 1.165) is 19.3 Å². The molecule has 1 fully saturated rings. The fraction of sp³-hybridized carbons (Fsp3) is 0.615. The van der Waals surface area contributed by atoms with Crippen molar-refractivity contribution in [1.82, 2.24) is 5.32 Å². The van der Waals surface area contributed by atoms with Crippen molar-refractivity contribution >= 4 is 17.2 Å². The third-order valence-electron chi connectivity index (χ3n) is 3.54. The summed E-state index contributed by atoms with van der Waals surface area (Å²) in [5.41, 5.74) is 6.70. The molecular formula is C13H20N2OS. The first kappa shape index (κ1) is 12.6. The molecule has 17 heavy (non-hydrogen) atoms. The summed E-state index contributed by atoms with van der Waals surface area (Å²) in [6.45, 7) is 4.58. The van der Waals surface area contributed by atoms with Crippen LogP contribution in [0.5, 0.6) is 0 Å². The van der Waals surface area contributed by atoms with Gasteiger partial charge in [-0.15, -0.1) is 11.3 Å². The molecule has 1 atom stereocenters. The van der Waals surface area contributed by atoms with Crippen LogP contribution in [0.1, 0.15) is 37.1 Å². The van der Waals surface area contributed by atoms with Gasteiger partial charge in [-0.1, -0.05) is 6.92 Å². The molecule has 0 radical (unpaired) electrons. The van der Waals surface area contributed by atoms with Gasteiger partial charge in [-0.05, 0) is 49.1 Å². The summed E-state index contributed by atoms with van der Waals surface area (Å²) in [6.07, 6.45) is 3.18. The van der Waals surface area contributed by atoms with Gasteiger partial charge >= 0.3 is 0 Å². The second-order valence-corrected chi connectivity index (χ2v) is 5.96. The molecular weight excluding hydrogens is 232 g/mol. The number of carbonyl (C=O) groups excluding carboxylic acids is 1. The van der Waals surface area contributed by atoms with E-state index >= 15 is 0 Å². The highest BCUT2D eigenvalue weighted by atomic mass is 32.1. The van der Waals surface area contributed by atoms with Crippen molar-refractivity contribution in [3.8, 4) is 0 Å². The molecule has 1 aliphatic carbocycles. The molecule has 0 bridgehead atoms. The molecule has 4 heteroatoms. The Morgan fingerprint density at radius 2 is 2.35 bits per heavy atom. The van der Waals surface area contributed by atoms with Crippen LogP contribution >= 0.6 is 11.3 Å². The average Bonchev–Trinajstić information content (AvgIpc) is 3.06. The number of hydrogen-bond donors (Lipinski definition) is 2. The van der Waals surface area contributed by atoms with Crippen LogP contribution in [0, 0.1) is 5.92 Å². The first-order chi connectivity index (χ1) is 8.05. The van der Waals surface area contributed by atoms with E-state index in [9.17, 15) is 4.79 Å². The predicted octanol–water partition coefficient (Wildman–Crippen LogP) is 2.05. The monoisotopic (exact) mass is 252 g/mol. The normalized spacial score (nSPS) is 18.8. The van der Waals surface area contributed by atoms with E-state index in [4.69, 9.17) is 5.73 Å². The molecule has 0 aromatic carbocycles. The third-order valence-corrected chi connectivity index (χ3v) is 4.51. The van der Waals surface area contributed by atoms with Gasteiger partial charge < -0.3 is 11.1 Å². The highest BCUT2D eigenvalue weighted by Crippen LogP contribution is 2.38. The second-order valence-electron chi connectivity index (χ2n) is 4.96. The van der Waals surface area contributed by atoms with Crippen LogP contribution in [0.3, 0.4) is 0 Å². The summed E-state index contributed by atoms with van der Waals surface area (Å²) in [7, 11) is 0. The Kier molecular flexibility index (Phi) is 3.54. The van der Waals surface area contributed by atoms with Gasteiger partial charge in [0.15, 0.2) is 0 Å². The van der Waals surface area contributed by atoms with Crippen LogP contribution in [0.4, 0.5) is 0 Å². The van der Waals surface area contributed by atoms with Gasteiger partial charge in [0, 0.05) is 4.88 Å². The summed E-state index contributed by atoms with van der Waals surface area (Å²) < 4.78 is 0. The van der Waals surface area contributed by atoms with E-state index in [2.05, 4.69) is 23.7 Å². The molecule has 1 aromatic rings. The zero-order chi connectivity index (χ0) is 12.5. The molecule has 0 saturated heterocycles. The molecule has 2 rings (SSSR count). The van der Waals surface area contributed by atoms with E-state index in [1.807, 2.05) is 6.92 Å². The van der Waals surface area contributed by atoms with E-state index in [-0.39, 0.29) is 5.91 Å². The lowest BCUT2D eigenvalue weighted by atomic mass is 9.96. The largest absolute Gasteiger partial charge is 0.350 e. The molecule has 1 saturated carbocycles. The van der Waals surface area contributed by atoms with Gasteiger partial charge in [0.25, 0.3) is 0 Å². The van der Waals surface area contributed by atoms with Crippen molar-refractivity contribution in [1.29, 1.82) is 0 Å². The lowest BCUT2D eigenvalue weighted by molar-refractivity contribution is -0.126. The SMILES string of the molecule is CCc1ccsc1CNC(=O)C(C)(N)C1CC1. The molecule has 1 unspecified atom stereocenters. The summed E-state index contributed by atoms with van der Waals surface area (Å²) >= 11 is 1.70. The maximum absolute atomic E-state index is 12.0. The van der Waals surface area contributed by atoms with Gasteiger partial charge in [-0.25, -0.2) is 0 Å². The lowest BCUT2D eigenvalue weighted by Gasteiger charge is -2.23. The molecule has 94 valence electrons. The number of aryl methyl sites for hydroxylation is 1. The number of amides is 1. The lowest BCUT2D eigenvalue weighted by Crippen LogP contribution is -2.53. The van der Waals surface area contributed by atoms with Crippen molar-refractivity contribution < 1.29 is 4.79 Å². The molecule has 3 nitrogen and oxygen atoms in total. The Hall–Kier alpha value is -0.870. The number of rotatable bonds is 5. The number of hydrogen-bond acceptors (Lipinski definition) is 3. The molecule has 0 spiro atoms. The zero-order valence-electron chi connectivity index (χ0n) is 10.5.